The molecule has 0 bridgehead atoms. The summed E-state index contributed by atoms with van der Waals surface area (Å²) in [7, 11) is 0. The molecule has 2 rings (SSSR count). The Hall–Kier alpha value is -1.81. The topological polar surface area (TPSA) is 41.1 Å². The van der Waals surface area contributed by atoms with Gasteiger partial charge in [-0.15, -0.1) is 0 Å². The first-order chi connectivity index (χ1) is 9.63. The molecular formula is C16H17BrN2O. The van der Waals surface area contributed by atoms with Crippen LogP contribution in [-0.4, -0.2) is 6.03 Å². The van der Waals surface area contributed by atoms with E-state index < -0.39 is 0 Å². The van der Waals surface area contributed by atoms with E-state index in [1.54, 1.807) is 0 Å². The van der Waals surface area contributed by atoms with Gasteiger partial charge in [-0.25, -0.2) is 4.79 Å². The Bertz CT molecular complexity index is 581. The van der Waals surface area contributed by atoms with Crippen LogP contribution in [-0.2, 0) is 13.1 Å². The number of benzene rings is 2. The number of aryl methyl sites for hydroxylation is 1. The van der Waals surface area contributed by atoms with Crippen LogP contribution in [0.15, 0.2) is 53.0 Å². The summed E-state index contributed by atoms with van der Waals surface area (Å²) in [4.78, 5) is 11.7. The zero-order valence-corrected chi connectivity index (χ0v) is 12.9. The molecule has 4 heteroatoms. The molecule has 0 aliphatic carbocycles. The lowest BCUT2D eigenvalue weighted by Gasteiger charge is -2.08. The lowest BCUT2D eigenvalue weighted by molar-refractivity contribution is 0.240. The molecule has 0 fully saturated rings. The second kappa shape index (κ2) is 7.10. The molecule has 0 unspecified atom stereocenters. The lowest BCUT2D eigenvalue weighted by atomic mass is 10.1. The highest BCUT2D eigenvalue weighted by Crippen LogP contribution is 2.11. The highest BCUT2D eigenvalue weighted by Gasteiger charge is 2.01. The zero-order valence-electron chi connectivity index (χ0n) is 11.3. The molecule has 2 aromatic carbocycles. The smallest absolute Gasteiger partial charge is 0.315 e. The molecular weight excluding hydrogens is 316 g/mol. The van der Waals surface area contributed by atoms with Gasteiger partial charge in [-0.3, -0.25) is 0 Å². The summed E-state index contributed by atoms with van der Waals surface area (Å²) >= 11 is 3.41. The van der Waals surface area contributed by atoms with Crippen molar-refractivity contribution in [3.8, 4) is 0 Å². The summed E-state index contributed by atoms with van der Waals surface area (Å²) in [5, 5.41) is 5.68. The average molecular weight is 333 g/mol. The Morgan fingerprint density at radius 1 is 1.00 bits per heavy atom. The second-order valence-electron chi connectivity index (χ2n) is 4.65. The third-order valence-corrected chi connectivity index (χ3v) is 3.41. The minimum absolute atomic E-state index is 0.162. The Balaban J connectivity index is 1.77. The van der Waals surface area contributed by atoms with Crippen LogP contribution in [0, 0.1) is 6.92 Å². The van der Waals surface area contributed by atoms with Crippen LogP contribution in [0.3, 0.4) is 0 Å². The molecule has 3 nitrogen and oxygen atoms in total. The van der Waals surface area contributed by atoms with Gasteiger partial charge < -0.3 is 10.6 Å². The van der Waals surface area contributed by atoms with E-state index >= 15 is 0 Å². The maximum Gasteiger partial charge on any atom is 0.315 e. The minimum atomic E-state index is -0.162. The number of urea groups is 1. The maximum atomic E-state index is 11.7. The molecule has 0 aliphatic heterocycles. The molecule has 0 aromatic heterocycles. The molecule has 2 N–H and O–H groups in total. The van der Waals surface area contributed by atoms with Crippen molar-refractivity contribution in [3.05, 3.63) is 69.7 Å². The Labute approximate surface area is 127 Å². The first-order valence-electron chi connectivity index (χ1n) is 6.45. The van der Waals surface area contributed by atoms with E-state index in [0.29, 0.717) is 13.1 Å². The summed E-state index contributed by atoms with van der Waals surface area (Å²) in [5.41, 5.74) is 3.37. The third kappa shape index (κ3) is 4.70. The molecule has 0 aliphatic rings. The molecule has 0 atom stereocenters. The zero-order chi connectivity index (χ0) is 14.4. The van der Waals surface area contributed by atoms with Crippen molar-refractivity contribution in [1.29, 1.82) is 0 Å². The molecule has 0 spiro atoms. The number of hydrogen-bond acceptors (Lipinski definition) is 1. The van der Waals surface area contributed by atoms with Crippen LogP contribution in [0.1, 0.15) is 16.7 Å². The van der Waals surface area contributed by atoms with E-state index in [4.69, 9.17) is 0 Å². The summed E-state index contributed by atoms with van der Waals surface area (Å²) in [6, 6.07) is 15.8. The fraction of sp³-hybridized carbons (Fsp3) is 0.188. The molecule has 0 radical (unpaired) electrons. The lowest BCUT2D eigenvalue weighted by Crippen LogP contribution is -2.34. The van der Waals surface area contributed by atoms with Gasteiger partial charge in [-0.05, 0) is 30.2 Å². The van der Waals surface area contributed by atoms with Gasteiger partial charge in [0.25, 0.3) is 0 Å². The van der Waals surface area contributed by atoms with E-state index in [0.717, 1.165) is 15.6 Å². The van der Waals surface area contributed by atoms with E-state index in [-0.39, 0.29) is 6.03 Å². The Morgan fingerprint density at radius 2 is 1.65 bits per heavy atom. The third-order valence-electron chi connectivity index (χ3n) is 2.92. The quantitative estimate of drug-likeness (QED) is 0.879. The summed E-state index contributed by atoms with van der Waals surface area (Å²) in [6.45, 7) is 3.09. The van der Waals surface area contributed by atoms with E-state index in [2.05, 4.69) is 26.6 Å². The second-order valence-corrected chi connectivity index (χ2v) is 5.57. The molecule has 104 valence electrons. The van der Waals surface area contributed by atoms with Crippen molar-refractivity contribution in [1.82, 2.24) is 10.6 Å². The van der Waals surface area contributed by atoms with Crippen molar-refractivity contribution in [2.24, 2.45) is 0 Å². The highest BCUT2D eigenvalue weighted by molar-refractivity contribution is 9.10. The van der Waals surface area contributed by atoms with Crippen LogP contribution >= 0.6 is 15.9 Å². The summed E-state index contributed by atoms with van der Waals surface area (Å²) in [5.74, 6) is 0. The molecule has 0 heterocycles. The van der Waals surface area contributed by atoms with Crippen LogP contribution in [0.2, 0.25) is 0 Å². The van der Waals surface area contributed by atoms with E-state index in [1.165, 1.54) is 5.56 Å². The van der Waals surface area contributed by atoms with Gasteiger partial charge in [0, 0.05) is 17.6 Å². The molecule has 0 saturated carbocycles. The predicted molar refractivity (Wildman–Crippen MR) is 84.4 cm³/mol. The predicted octanol–water partition coefficient (Wildman–Crippen LogP) is 3.76. The van der Waals surface area contributed by atoms with Crippen LogP contribution in [0.25, 0.3) is 0 Å². The largest absolute Gasteiger partial charge is 0.334 e. The normalized spacial score (nSPS) is 10.1. The van der Waals surface area contributed by atoms with Crippen LogP contribution < -0.4 is 10.6 Å². The number of nitrogens with one attached hydrogen (secondary N) is 2. The summed E-state index contributed by atoms with van der Waals surface area (Å²) < 4.78 is 1.01. The average Bonchev–Trinajstić information content (AvgIpc) is 2.45. The standard InChI is InChI=1S/C16H17BrN2O/c1-12-5-7-13(8-6-12)10-18-16(20)19-11-14-3-2-4-15(17)9-14/h2-9H,10-11H2,1H3,(H2,18,19,20). The van der Waals surface area contributed by atoms with Gasteiger partial charge in [0.2, 0.25) is 0 Å². The van der Waals surface area contributed by atoms with Gasteiger partial charge in [0.15, 0.2) is 0 Å². The number of carbonyl (C=O) groups is 1. The SMILES string of the molecule is Cc1ccc(CNC(=O)NCc2cccc(Br)c2)cc1. The number of hydrogen-bond donors (Lipinski definition) is 2. The van der Waals surface area contributed by atoms with Crippen molar-refractivity contribution in [3.63, 3.8) is 0 Å². The fourth-order valence-electron chi connectivity index (χ4n) is 1.78. The molecule has 2 amide bonds. The van der Waals surface area contributed by atoms with Crippen molar-refractivity contribution in [2.75, 3.05) is 0 Å². The molecule has 2 aromatic rings. The number of carbonyl (C=O) groups excluding carboxylic acids is 1. The van der Waals surface area contributed by atoms with Gasteiger partial charge in [-0.1, -0.05) is 57.9 Å². The highest BCUT2D eigenvalue weighted by atomic mass is 79.9. The van der Waals surface area contributed by atoms with Crippen molar-refractivity contribution < 1.29 is 4.79 Å². The minimum Gasteiger partial charge on any atom is -0.334 e. The van der Waals surface area contributed by atoms with Crippen molar-refractivity contribution >= 4 is 22.0 Å². The molecule has 0 saturated heterocycles. The molecule has 20 heavy (non-hydrogen) atoms. The maximum absolute atomic E-state index is 11.7. The van der Waals surface area contributed by atoms with Crippen LogP contribution in [0.4, 0.5) is 4.79 Å². The van der Waals surface area contributed by atoms with E-state index in [1.807, 2.05) is 55.5 Å². The monoisotopic (exact) mass is 332 g/mol. The number of amides is 2. The fourth-order valence-corrected chi connectivity index (χ4v) is 2.23. The Morgan fingerprint density at radius 3 is 2.30 bits per heavy atom. The summed E-state index contributed by atoms with van der Waals surface area (Å²) in [6.07, 6.45) is 0. The number of halogens is 1. The first kappa shape index (κ1) is 14.6. The van der Waals surface area contributed by atoms with Crippen LogP contribution in [0.5, 0.6) is 0 Å². The van der Waals surface area contributed by atoms with Gasteiger partial charge in [0.05, 0.1) is 0 Å². The van der Waals surface area contributed by atoms with Gasteiger partial charge in [-0.2, -0.15) is 0 Å². The Kier molecular flexibility index (Phi) is 5.18. The first-order valence-corrected chi connectivity index (χ1v) is 7.24. The van der Waals surface area contributed by atoms with E-state index in [9.17, 15) is 4.79 Å². The van der Waals surface area contributed by atoms with Crippen molar-refractivity contribution in [2.45, 2.75) is 20.0 Å². The van der Waals surface area contributed by atoms with Gasteiger partial charge >= 0.3 is 6.03 Å². The van der Waals surface area contributed by atoms with Gasteiger partial charge in [0.1, 0.15) is 0 Å². The number of rotatable bonds is 4.